The highest BCUT2D eigenvalue weighted by Crippen LogP contribution is 2.31. The van der Waals surface area contributed by atoms with E-state index in [0.717, 1.165) is 27.9 Å². The lowest BCUT2D eigenvalue weighted by Gasteiger charge is -2.12. The molecule has 164 valence electrons. The molecule has 1 amide bonds. The van der Waals surface area contributed by atoms with Crippen molar-refractivity contribution in [3.8, 4) is 17.0 Å². The molecule has 2 aromatic heterocycles. The maximum Gasteiger partial charge on any atom is 0.251 e. The number of carbonyl (C=O) groups is 1. The minimum Gasteiger partial charge on any atom is -0.493 e. The number of benzene rings is 2. The predicted molar refractivity (Wildman–Crippen MR) is 126 cm³/mol. The van der Waals surface area contributed by atoms with E-state index in [-0.39, 0.29) is 11.7 Å². The highest BCUT2D eigenvalue weighted by atomic mass is 19.1. The van der Waals surface area contributed by atoms with Crippen molar-refractivity contribution in [1.29, 1.82) is 0 Å². The zero-order chi connectivity index (χ0) is 22.8. The number of carbonyl (C=O) groups excluding carboxylic acids is 1. The van der Waals surface area contributed by atoms with E-state index in [2.05, 4.69) is 15.3 Å². The Hall–Kier alpha value is -4.13. The van der Waals surface area contributed by atoms with E-state index in [1.54, 1.807) is 36.7 Å². The summed E-state index contributed by atoms with van der Waals surface area (Å²) in [7, 11) is 0. The van der Waals surface area contributed by atoms with Crippen LogP contribution in [0.4, 0.5) is 10.1 Å². The van der Waals surface area contributed by atoms with Crippen LogP contribution in [0.25, 0.3) is 22.2 Å². The van der Waals surface area contributed by atoms with E-state index in [1.807, 2.05) is 25.1 Å². The normalized spacial score (nSPS) is 12.4. The van der Waals surface area contributed by atoms with Gasteiger partial charge >= 0.3 is 0 Å². The lowest BCUT2D eigenvalue weighted by atomic mass is 10.1. The molecular formula is C26H21FN4O2. The zero-order valence-electron chi connectivity index (χ0n) is 18.0. The Bertz CT molecular complexity index is 1380. The Morgan fingerprint density at radius 2 is 1.97 bits per heavy atom. The summed E-state index contributed by atoms with van der Waals surface area (Å²) in [5, 5.41) is 3.75. The molecule has 7 heteroatoms. The maximum atomic E-state index is 13.4. The van der Waals surface area contributed by atoms with Crippen LogP contribution < -0.4 is 10.1 Å². The number of rotatable bonds is 6. The monoisotopic (exact) mass is 440 g/mol. The van der Waals surface area contributed by atoms with Crippen molar-refractivity contribution < 1.29 is 13.9 Å². The molecule has 0 unspecified atom stereocenters. The summed E-state index contributed by atoms with van der Waals surface area (Å²) in [5.41, 5.74) is 5.39. The highest BCUT2D eigenvalue weighted by Gasteiger charge is 2.16. The average molecular weight is 440 g/mol. The van der Waals surface area contributed by atoms with Crippen molar-refractivity contribution >= 4 is 28.2 Å². The molecule has 0 aliphatic carbocycles. The number of nitrogens with zero attached hydrogens (tertiary/aromatic N) is 3. The van der Waals surface area contributed by atoms with Gasteiger partial charge in [0.25, 0.3) is 5.91 Å². The quantitative estimate of drug-likeness (QED) is 0.463. The third kappa shape index (κ3) is 4.30. The minimum atomic E-state index is -0.310. The molecule has 4 aromatic rings. The van der Waals surface area contributed by atoms with E-state index < -0.39 is 0 Å². The van der Waals surface area contributed by atoms with Crippen LogP contribution in [0.2, 0.25) is 0 Å². The summed E-state index contributed by atoms with van der Waals surface area (Å²) >= 11 is 0. The van der Waals surface area contributed by atoms with Gasteiger partial charge in [-0.1, -0.05) is 0 Å². The number of halogens is 1. The maximum absolute atomic E-state index is 13.4. The molecule has 5 rings (SSSR count). The molecule has 1 aliphatic rings. The summed E-state index contributed by atoms with van der Waals surface area (Å²) < 4.78 is 19.2. The van der Waals surface area contributed by atoms with Crippen LogP contribution in [0.15, 0.2) is 72.0 Å². The first-order chi connectivity index (χ1) is 16.1. The molecule has 1 aliphatic heterocycles. The van der Waals surface area contributed by atoms with Crippen LogP contribution in [-0.2, 0) is 6.42 Å². The Kier molecular flexibility index (Phi) is 5.52. The first-order valence-corrected chi connectivity index (χ1v) is 10.7. The van der Waals surface area contributed by atoms with Gasteiger partial charge in [0.1, 0.15) is 11.6 Å². The molecular weight excluding hydrogens is 419 g/mol. The lowest BCUT2D eigenvalue weighted by Crippen LogP contribution is -2.29. The minimum absolute atomic E-state index is 0.208. The van der Waals surface area contributed by atoms with E-state index in [9.17, 15) is 9.18 Å². The molecule has 33 heavy (non-hydrogen) atoms. The Morgan fingerprint density at radius 1 is 1.12 bits per heavy atom. The van der Waals surface area contributed by atoms with Gasteiger partial charge in [0.2, 0.25) is 0 Å². The number of pyridine rings is 2. The Morgan fingerprint density at radius 3 is 2.76 bits per heavy atom. The van der Waals surface area contributed by atoms with Crippen LogP contribution in [0, 0.1) is 5.82 Å². The first-order valence-electron chi connectivity index (χ1n) is 10.7. The lowest BCUT2D eigenvalue weighted by molar-refractivity contribution is 0.0959. The van der Waals surface area contributed by atoms with Gasteiger partial charge in [-0.2, -0.15) is 0 Å². The van der Waals surface area contributed by atoms with E-state index in [0.29, 0.717) is 42.1 Å². The summed E-state index contributed by atoms with van der Waals surface area (Å²) in [6.45, 7) is 2.76. The van der Waals surface area contributed by atoms with Crippen molar-refractivity contribution in [3.63, 3.8) is 0 Å². The van der Waals surface area contributed by atoms with Crippen molar-refractivity contribution in [3.05, 3.63) is 83.9 Å². The van der Waals surface area contributed by atoms with Gasteiger partial charge in [-0.05, 0) is 61.0 Å². The van der Waals surface area contributed by atoms with Crippen LogP contribution in [0.5, 0.6) is 5.75 Å². The second-order valence-corrected chi connectivity index (χ2v) is 7.72. The molecule has 1 N–H and O–H groups in total. The Labute approximate surface area is 190 Å². The highest BCUT2D eigenvalue weighted by molar-refractivity contribution is 6.02. The fourth-order valence-corrected chi connectivity index (χ4v) is 3.86. The number of nitrogens with one attached hydrogen (secondary N) is 1. The number of amides is 1. The number of hydrogen-bond acceptors (Lipinski definition) is 5. The molecule has 0 fully saturated rings. The van der Waals surface area contributed by atoms with Gasteiger partial charge in [0, 0.05) is 40.9 Å². The van der Waals surface area contributed by atoms with Crippen molar-refractivity contribution in [1.82, 2.24) is 15.3 Å². The van der Waals surface area contributed by atoms with Gasteiger partial charge in [-0.3, -0.25) is 14.8 Å². The number of aromatic nitrogens is 2. The van der Waals surface area contributed by atoms with Gasteiger partial charge in [0.15, 0.2) is 0 Å². The summed E-state index contributed by atoms with van der Waals surface area (Å²) in [4.78, 5) is 26.2. The van der Waals surface area contributed by atoms with Gasteiger partial charge < -0.3 is 10.1 Å². The SMILES string of the molecule is CCOc1cc(-c2ccc(F)cc2)nc2cc(C(=O)NCC3=Nc4cnccc4C3)ccc12. The zero-order valence-corrected chi connectivity index (χ0v) is 18.0. The standard InChI is InChI=1S/C26H21FN4O2/c1-2-33-25-13-22(16-3-6-19(27)7-4-16)31-23-12-18(5-8-21(23)25)26(32)29-14-20-11-17-9-10-28-15-24(17)30-20/h3-10,12-13,15H,2,11,14H2,1H3,(H,29,32). The molecule has 3 heterocycles. The van der Waals surface area contributed by atoms with Gasteiger partial charge in [0.05, 0.1) is 36.2 Å². The van der Waals surface area contributed by atoms with Crippen LogP contribution in [-0.4, -0.2) is 34.7 Å². The van der Waals surface area contributed by atoms with E-state index in [4.69, 9.17) is 9.72 Å². The molecule has 6 nitrogen and oxygen atoms in total. The van der Waals surface area contributed by atoms with E-state index >= 15 is 0 Å². The largest absolute Gasteiger partial charge is 0.493 e. The average Bonchev–Trinajstić information content (AvgIpc) is 3.26. The second kappa shape index (κ2) is 8.78. The predicted octanol–water partition coefficient (Wildman–Crippen LogP) is 4.89. The summed E-state index contributed by atoms with van der Waals surface area (Å²) in [5.74, 6) is 0.149. The molecule has 0 atom stereocenters. The molecule has 0 radical (unpaired) electrons. The molecule has 0 saturated heterocycles. The Balaban J connectivity index is 1.40. The number of aliphatic imine (C=N–C) groups is 1. The third-order valence-electron chi connectivity index (χ3n) is 5.49. The first kappa shape index (κ1) is 20.8. The van der Waals surface area contributed by atoms with Crippen LogP contribution >= 0.6 is 0 Å². The van der Waals surface area contributed by atoms with Crippen molar-refractivity contribution in [2.45, 2.75) is 13.3 Å². The second-order valence-electron chi connectivity index (χ2n) is 7.72. The van der Waals surface area contributed by atoms with E-state index in [1.165, 1.54) is 12.1 Å². The third-order valence-corrected chi connectivity index (χ3v) is 5.49. The topological polar surface area (TPSA) is 76.5 Å². The molecule has 0 bridgehead atoms. The van der Waals surface area contributed by atoms with Crippen molar-refractivity contribution in [2.75, 3.05) is 13.2 Å². The molecule has 0 saturated carbocycles. The van der Waals surface area contributed by atoms with Crippen molar-refractivity contribution in [2.24, 2.45) is 4.99 Å². The smallest absolute Gasteiger partial charge is 0.251 e. The number of fused-ring (bicyclic) bond motifs is 2. The van der Waals surface area contributed by atoms with Crippen LogP contribution in [0.1, 0.15) is 22.8 Å². The summed E-state index contributed by atoms with van der Waals surface area (Å²) in [6.07, 6.45) is 4.18. The van der Waals surface area contributed by atoms with Gasteiger partial charge in [-0.15, -0.1) is 0 Å². The molecule has 2 aromatic carbocycles. The van der Waals surface area contributed by atoms with Crippen LogP contribution in [0.3, 0.4) is 0 Å². The number of ether oxygens (including phenoxy) is 1. The van der Waals surface area contributed by atoms with Gasteiger partial charge in [-0.25, -0.2) is 9.37 Å². The fourth-order valence-electron chi connectivity index (χ4n) is 3.86. The molecule has 0 spiro atoms. The fraction of sp³-hybridized carbons (Fsp3) is 0.154. The summed E-state index contributed by atoms with van der Waals surface area (Å²) in [6, 6.07) is 15.3. The number of hydrogen-bond donors (Lipinski definition) is 1.